The second-order valence-electron chi connectivity index (χ2n) is 3.79. The first-order chi connectivity index (χ1) is 7.83. The lowest BCUT2D eigenvalue weighted by Crippen LogP contribution is -2.26. The van der Waals surface area contributed by atoms with Crippen LogP contribution < -0.4 is 10.6 Å². The van der Waals surface area contributed by atoms with Gasteiger partial charge in [0.15, 0.2) is 0 Å². The van der Waals surface area contributed by atoms with Gasteiger partial charge in [-0.2, -0.15) is 0 Å². The third kappa shape index (κ3) is 7.77. The van der Waals surface area contributed by atoms with Crippen LogP contribution in [0.2, 0.25) is 0 Å². The summed E-state index contributed by atoms with van der Waals surface area (Å²) < 4.78 is 0. The van der Waals surface area contributed by atoms with E-state index in [1.54, 1.807) is 0 Å². The number of aryl methyl sites for hydroxylation is 1. The van der Waals surface area contributed by atoms with Crippen molar-refractivity contribution in [1.82, 2.24) is 10.6 Å². The van der Waals surface area contributed by atoms with Crippen LogP contribution in [0.15, 0.2) is 30.3 Å². The molecule has 96 valence electrons. The largest absolute Gasteiger partial charge is 0.356 e. The van der Waals surface area contributed by atoms with Crippen LogP contribution >= 0.6 is 12.4 Å². The summed E-state index contributed by atoms with van der Waals surface area (Å²) in [6, 6.07) is 10.1. The van der Waals surface area contributed by atoms with E-state index in [0.717, 1.165) is 25.9 Å². The summed E-state index contributed by atoms with van der Waals surface area (Å²) in [6.07, 6.45) is 2.37. The van der Waals surface area contributed by atoms with Gasteiger partial charge in [0.1, 0.15) is 0 Å². The molecule has 0 heterocycles. The number of benzene rings is 1. The monoisotopic (exact) mass is 256 g/mol. The minimum Gasteiger partial charge on any atom is -0.356 e. The summed E-state index contributed by atoms with van der Waals surface area (Å²) in [4.78, 5) is 11.4. The van der Waals surface area contributed by atoms with E-state index in [9.17, 15) is 4.79 Å². The molecule has 0 spiro atoms. The second kappa shape index (κ2) is 10.1. The molecule has 0 aliphatic heterocycles. The van der Waals surface area contributed by atoms with E-state index in [1.165, 1.54) is 5.56 Å². The first kappa shape index (κ1) is 15.9. The van der Waals surface area contributed by atoms with Crippen LogP contribution in [-0.2, 0) is 11.2 Å². The Balaban J connectivity index is 0.00000256. The molecule has 0 fully saturated rings. The van der Waals surface area contributed by atoms with Crippen molar-refractivity contribution >= 4 is 18.3 Å². The van der Waals surface area contributed by atoms with Gasteiger partial charge in [0, 0.05) is 13.0 Å². The van der Waals surface area contributed by atoms with Crippen molar-refractivity contribution in [3.05, 3.63) is 35.9 Å². The number of carbonyl (C=O) groups excluding carboxylic acids is 1. The molecule has 0 bridgehead atoms. The van der Waals surface area contributed by atoms with Gasteiger partial charge < -0.3 is 10.6 Å². The lowest BCUT2D eigenvalue weighted by atomic mass is 10.1. The Labute approximate surface area is 109 Å². The highest BCUT2D eigenvalue weighted by molar-refractivity contribution is 5.85. The number of halogens is 1. The Kier molecular flexibility index (Phi) is 9.49. The molecule has 0 unspecified atom stereocenters. The number of hydrogen-bond acceptors (Lipinski definition) is 2. The zero-order chi connectivity index (χ0) is 11.6. The summed E-state index contributed by atoms with van der Waals surface area (Å²) in [5.41, 5.74) is 1.22. The average Bonchev–Trinajstić information content (AvgIpc) is 2.33. The Hall–Kier alpha value is -1.06. The van der Waals surface area contributed by atoms with E-state index in [1.807, 2.05) is 37.4 Å². The van der Waals surface area contributed by atoms with Gasteiger partial charge in [-0.05, 0) is 32.0 Å². The summed E-state index contributed by atoms with van der Waals surface area (Å²) in [7, 11) is 1.91. The number of nitrogens with one attached hydrogen (secondary N) is 2. The van der Waals surface area contributed by atoms with E-state index in [0.29, 0.717) is 6.42 Å². The summed E-state index contributed by atoms with van der Waals surface area (Å²) >= 11 is 0. The SMILES string of the molecule is CNCCCNC(=O)CCc1ccccc1.Cl. The van der Waals surface area contributed by atoms with Gasteiger partial charge in [-0.25, -0.2) is 0 Å². The van der Waals surface area contributed by atoms with Gasteiger partial charge in [-0.3, -0.25) is 4.79 Å². The second-order valence-corrected chi connectivity index (χ2v) is 3.79. The molecule has 4 heteroatoms. The number of amides is 1. The Morgan fingerprint density at radius 3 is 2.53 bits per heavy atom. The summed E-state index contributed by atoms with van der Waals surface area (Å²) in [5, 5.41) is 5.96. The fraction of sp³-hybridized carbons (Fsp3) is 0.462. The molecule has 2 N–H and O–H groups in total. The topological polar surface area (TPSA) is 41.1 Å². The van der Waals surface area contributed by atoms with Crippen molar-refractivity contribution < 1.29 is 4.79 Å². The molecule has 1 aromatic rings. The van der Waals surface area contributed by atoms with Crippen molar-refractivity contribution in [3.8, 4) is 0 Å². The molecule has 17 heavy (non-hydrogen) atoms. The normalized spacial score (nSPS) is 9.47. The van der Waals surface area contributed by atoms with Gasteiger partial charge in [-0.1, -0.05) is 30.3 Å². The number of hydrogen-bond donors (Lipinski definition) is 2. The van der Waals surface area contributed by atoms with Crippen LogP contribution in [0.25, 0.3) is 0 Å². The number of carbonyl (C=O) groups is 1. The zero-order valence-electron chi connectivity index (χ0n) is 10.2. The molecule has 0 atom stereocenters. The van der Waals surface area contributed by atoms with Crippen molar-refractivity contribution in [2.24, 2.45) is 0 Å². The minimum absolute atomic E-state index is 0. The maximum Gasteiger partial charge on any atom is 0.220 e. The molecule has 0 radical (unpaired) electrons. The van der Waals surface area contributed by atoms with Crippen LogP contribution in [0.1, 0.15) is 18.4 Å². The summed E-state index contributed by atoms with van der Waals surface area (Å²) in [6.45, 7) is 1.70. The molecule has 0 aliphatic carbocycles. The first-order valence-corrected chi connectivity index (χ1v) is 5.78. The molecular weight excluding hydrogens is 236 g/mol. The first-order valence-electron chi connectivity index (χ1n) is 5.78. The molecule has 1 rings (SSSR count). The quantitative estimate of drug-likeness (QED) is 0.730. The van der Waals surface area contributed by atoms with Crippen LogP contribution in [0, 0.1) is 0 Å². The van der Waals surface area contributed by atoms with E-state index in [-0.39, 0.29) is 18.3 Å². The highest BCUT2D eigenvalue weighted by atomic mass is 35.5. The number of rotatable bonds is 7. The van der Waals surface area contributed by atoms with E-state index in [4.69, 9.17) is 0 Å². The molecule has 1 aromatic carbocycles. The molecule has 0 aromatic heterocycles. The van der Waals surface area contributed by atoms with Crippen molar-refractivity contribution in [2.75, 3.05) is 20.1 Å². The molecule has 0 saturated heterocycles. The highest BCUT2D eigenvalue weighted by Gasteiger charge is 2.00. The van der Waals surface area contributed by atoms with Gasteiger partial charge in [-0.15, -0.1) is 12.4 Å². The molecule has 0 aliphatic rings. The van der Waals surface area contributed by atoms with Crippen molar-refractivity contribution in [1.29, 1.82) is 0 Å². The molecule has 1 amide bonds. The summed E-state index contributed by atoms with van der Waals surface area (Å²) in [5.74, 6) is 0.139. The highest BCUT2D eigenvalue weighted by Crippen LogP contribution is 2.01. The fourth-order valence-corrected chi connectivity index (χ4v) is 1.48. The predicted octanol–water partition coefficient (Wildman–Crippen LogP) is 1.77. The predicted molar refractivity (Wildman–Crippen MR) is 73.6 cm³/mol. The van der Waals surface area contributed by atoms with Crippen LogP contribution in [0.5, 0.6) is 0 Å². The van der Waals surface area contributed by atoms with Crippen molar-refractivity contribution in [3.63, 3.8) is 0 Å². The Morgan fingerprint density at radius 1 is 1.18 bits per heavy atom. The lowest BCUT2D eigenvalue weighted by Gasteiger charge is -2.04. The van der Waals surface area contributed by atoms with Crippen molar-refractivity contribution in [2.45, 2.75) is 19.3 Å². The van der Waals surface area contributed by atoms with E-state index < -0.39 is 0 Å². The third-order valence-electron chi connectivity index (χ3n) is 2.41. The molecule has 0 saturated carbocycles. The third-order valence-corrected chi connectivity index (χ3v) is 2.41. The minimum atomic E-state index is 0. The van der Waals surface area contributed by atoms with Gasteiger partial charge in [0.2, 0.25) is 5.91 Å². The van der Waals surface area contributed by atoms with Gasteiger partial charge in [0.05, 0.1) is 0 Å². The Bertz CT molecular complexity index is 304. The van der Waals surface area contributed by atoms with Crippen LogP contribution in [0.4, 0.5) is 0 Å². The van der Waals surface area contributed by atoms with Crippen LogP contribution in [-0.4, -0.2) is 26.0 Å². The van der Waals surface area contributed by atoms with Gasteiger partial charge >= 0.3 is 0 Å². The molecular formula is C13H21ClN2O. The lowest BCUT2D eigenvalue weighted by molar-refractivity contribution is -0.121. The van der Waals surface area contributed by atoms with Crippen LogP contribution in [0.3, 0.4) is 0 Å². The standard InChI is InChI=1S/C13H20N2O.ClH/c1-14-10-5-11-15-13(16)9-8-12-6-3-2-4-7-12;/h2-4,6-7,14H,5,8-11H2,1H3,(H,15,16);1H. The van der Waals surface area contributed by atoms with E-state index in [2.05, 4.69) is 10.6 Å². The Morgan fingerprint density at radius 2 is 1.88 bits per heavy atom. The van der Waals surface area contributed by atoms with E-state index >= 15 is 0 Å². The smallest absolute Gasteiger partial charge is 0.220 e. The fourth-order valence-electron chi connectivity index (χ4n) is 1.48. The zero-order valence-corrected chi connectivity index (χ0v) is 11.1. The van der Waals surface area contributed by atoms with Gasteiger partial charge in [0.25, 0.3) is 0 Å². The average molecular weight is 257 g/mol. The molecule has 3 nitrogen and oxygen atoms in total. The maximum atomic E-state index is 11.4. The maximum absolute atomic E-state index is 11.4.